The van der Waals surface area contributed by atoms with Gasteiger partial charge in [0.15, 0.2) is 10.7 Å². The molecule has 0 bridgehead atoms. The number of nitrogens with zero attached hydrogens (tertiary/aromatic N) is 7. The van der Waals surface area contributed by atoms with Gasteiger partial charge < -0.3 is 24.9 Å². The first-order chi connectivity index (χ1) is 19.8. The summed E-state index contributed by atoms with van der Waals surface area (Å²) in [5, 5.41) is 11.6. The van der Waals surface area contributed by atoms with Gasteiger partial charge >= 0.3 is 0 Å². The lowest BCUT2D eigenvalue weighted by Gasteiger charge is -2.39. The van der Waals surface area contributed by atoms with Crippen molar-refractivity contribution in [1.29, 1.82) is 0 Å². The molecule has 10 nitrogen and oxygen atoms in total. The van der Waals surface area contributed by atoms with Crippen molar-refractivity contribution in [2.45, 2.75) is 38.1 Å². The van der Waals surface area contributed by atoms with Gasteiger partial charge in [0.2, 0.25) is 11.8 Å². The molecular weight excluding hydrogens is 536 g/mol. The van der Waals surface area contributed by atoms with Crippen LogP contribution in [0.5, 0.6) is 0 Å². The van der Waals surface area contributed by atoms with E-state index in [4.69, 9.17) is 5.10 Å². The van der Waals surface area contributed by atoms with Crippen molar-refractivity contribution in [1.82, 2.24) is 34.8 Å². The van der Waals surface area contributed by atoms with E-state index in [0.717, 1.165) is 89.2 Å². The summed E-state index contributed by atoms with van der Waals surface area (Å²) in [5.74, 6) is 1.11. The first kappa shape index (κ1) is 28.4. The smallest absolute Gasteiger partial charge is 0.236 e. The van der Waals surface area contributed by atoms with Crippen LogP contribution in [-0.4, -0.2) is 131 Å². The van der Waals surface area contributed by atoms with E-state index in [0.29, 0.717) is 12.5 Å². The number of likely N-dealkylation sites (N-methyl/N-ethyl adjacent to an activating group) is 1. The largest absolute Gasteiger partial charge is 0.353 e. The van der Waals surface area contributed by atoms with Gasteiger partial charge in [0.1, 0.15) is 0 Å². The van der Waals surface area contributed by atoms with E-state index < -0.39 is 0 Å². The van der Waals surface area contributed by atoms with E-state index in [1.807, 2.05) is 14.8 Å². The molecular formula is C30H44N8O2S. The Kier molecular flexibility index (Phi) is 8.46. The van der Waals surface area contributed by atoms with Gasteiger partial charge in [-0.2, -0.15) is 0 Å². The highest BCUT2D eigenvalue weighted by Crippen LogP contribution is 2.35. The number of nitrogens with one attached hydrogen (secondary N) is 1. The summed E-state index contributed by atoms with van der Waals surface area (Å²) in [7, 11) is 2.10. The van der Waals surface area contributed by atoms with Crippen molar-refractivity contribution >= 4 is 34.4 Å². The van der Waals surface area contributed by atoms with Crippen LogP contribution in [0.1, 0.15) is 43.7 Å². The van der Waals surface area contributed by atoms with Gasteiger partial charge in [0, 0.05) is 71.4 Å². The van der Waals surface area contributed by atoms with E-state index in [1.54, 1.807) is 11.8 Å². The zero-order valence-corrected chi connectivity index (χ0v) is 25.5. The number of amidine groups is 1. The number of piperidine rings is 1. The molecule has 5 heterocycles. The van der Waals surface area contributed by atoms with E-state index in [9.17, 15) is 9.59 Å². The van der Waals surface area contributed by atoms with E-state index in [2.05, 4.69) is 71.4 Å². The van der Waals surface area contributed by atoms with Gasteiger partial charge in [-0.3, -0.25) is 14.5 Å². The maximum atomic E-state index is 13.3. The molecule has 1 unspecified atom stereocenters. The van der Waals surface area contributed by atoms with Gasteiger partial charge in [-0.15, -0.1) is 5.10 Å². The molecule has 1 aromatic carbocycles. The molecule has 1 aromatic rings. The van der Waals surface area contributed by atoms with Crippen molar-refractivity contribution in [3.05, 3.63) is 41.6 Å². The van der Waals surface area contributed by atoms with E-state index >= 15 is 0 Å². The molecule has 2 amide bonds. The first-order valence-corrected chi connectivity index (χ1v) is 16.1. The van der Waals surface area contributed by atoms with Crippen LogP contribution < -0.4 is 5.32 Å². The molecule has 0 aliphatic carbocycles. The predicted octanol–water partition coefficient (Wildman–Crippen LogP) is 1.95. The number of likely N-dealkylation sites (tertiary alicyclic amines) is 1. The van der Waals surface area contributed by atoms with Crippen molar-refractivity contribution < 1.29 is 9.59 Å². The maximum Gasteiger partial charge on any atom is 0.236 e. The Balaban J connectivity index is 0.942. The summed E-state index contributed by atoms with van der Waals surface area (Å²) in [5.41, 5.74) is 3.72. The van der Waals surface area contributed by atoms with Gasteiger partial charge in [0.05, 0.1) is 18.4 Å². The minimum absolute atomic E-state index is 0.0787. The van der Waals surface area contributed by atoms with Crippen LogP contribution in [0, 0.1) is 5.92 Å². The quantitative estimate of drug-likeness (QED) is 0.567. The molecule has 41 heavy (non-hydrogen) atoms. The third-order valence-corrected chi connectivity index (χ3v) is 10.2. The molecule has 6 rings (SSSR count). The van der Waals surface area contributed by atoms with Crippen LogP contribution in [0.15, 0.2) is 35.6 Å². The van der Waals surface area contributed by atoms with Crippen molar-refractivity contribution in [2.75, 3.05) is 79.0 Å². The standard InChI is InChI=1S/C30H44N8O2S/c1-22(2)23-4-6-24(7-5-23)26-20-38-29(31-26)41-30(32-38)37-10-8-25(9-11-37)28(40)36-18-14-34(15-19-36)21-27(39)35-16-12-33(3)13-17-35/h4-7,20,22,25,29,31H,8-19,21H2,1-3H3. The molecule has 1 atom stereocenters. The number of rotatable bonds is 5. The normalized spacial score (nSPS) is 24.4. The monoisotopic (exact) mass is 580 g/mol. The van der Waals surface area contributed by atoms with Crippen LogP contribution in [0.4, 0.5) is 0 Å². The maximum absolute atomic E-state index is 13.3. The topological polar surface area (TPSA) is 78.0 Å². The number of carbonyl (C=O) groups is 2. The molecule has 0 radical (unpaired) electrons. The molecule has 3 saturated heterocycles. The molecule has 0 saturated carbocycles. The molecule has 0 aromatic heterocycles. The highest BCUT2D eigenvalue weighted by atomic mass is 32.2. The number of hydrogen-bond donors (Lipinski definition) is 1. The van der Waals surface area contributed by atoms with Crippen molar-refractivity contribution in [3.8, 4) is 0 Å². The SMILES string of the molecule is CC(C)c1ccc(C2=CN3N=C(N4CCC(C(=O)N5CCN(CC(=O)N6CCN(C)CC6)CC5)CC4)SC3N2)cc1. The second-order valence-corrected chi connectivity index (χ2v) is 13.3. The second kappa shape index (κ2) is 12.2. The number of fused-ring (bicyclic) bond motifs is 1. The van der Waals surface area contributed by atoms with Crippen LogP contribution in [0.3, 0.4) is 0 Å². The fourth-order valence-corrected chi connectivity index (χ4v) is 7.29. The average Bonchev–Trinajstić information content (AvgIpc) is 3.58. The molecule has 1 N–H and O–H groups in total. The Hall–Kier alpha value is -2.76. The predicted molar refractivity (Wildman–Crippen MR) is 164 cm³/mol. The fourth-order valence-electron chi connectivity index (χ4n) is 6.22. The number of amides is 2. The zero-order valence-electron chi connectivity index (χ0n) is 24.7. The van der Waals surface area contributed by atoms with Crippen LogP contribution >= 0.6 is 11.8 Å². The zero-order chi connectivity index (χ0) is 28.5. The van der Waals surface area contributed by atoms with Crippen molar-refractivity contribution in [3.63, 3.8) is 0 Å². The van der Waals surface area contributed by atoms with Gasteiger partial charge in [0.25, 0.3) is 0 Å². The Morgan fingerprint density at radius 3 is 2.22 bits per heavy atom. The third kappa shape index (κ3) is 6.36. The Bertz CT molecular complexity index is 1160. The van der Waals surface area contributed by atoms with Gasteiger partial charge in [-0.05, 0) is 48.7 Å². The molecule has 0 spiro atoms. The Labute approximate surface area is 248 Å². The number of hydrogen-bond acceptors (Lipinski definition) is 9. The van der Waals surface area contributed by atoms with Crippen LogP contribution in [-0.2, 0) is 9.59 Å². The van der Waals surface area contributed by atoms with Gasteiger partial charge in [-0.25, -0.2) is 5.01 Å². The molecule has 3 fully saturated rings. The van der Waals surface area contributed by atoms with Gasteiger partial charge in [-0.1, -0.05) is 38.1 Å². The summed E-state index contributed by atoms with van der Waals surface area (Å²) in [6.07, 6.45) is 3.83. The van der Waals surface area contributed by atoms with E-state index in [1.165, 1.54) is 11.1 Å². The first-order valence-electron chi connectivity index (χ1n) is 15.2. The second-order valence-electron chi connectivity index (χ2n) is 12.2. The number of benzene rings is 1. The number of carbonyl (C=O) groups excluding carboxylic acids is 2. The molecule has 5 aliphatic heterocycles. The van der Waals surface area contributed by atoms with Crippen molar-refractivity contribution in [2.24, 2.45) is 11.0 Å². The third-order valence-electron chi connectivity index (χ3n) is 9.10. The number of thioether (sulfide) groups is 1. The average molecular weight is 581 g/mol. The lowest BCUT2D eigenvalue weighted by atomic mass is 9.95. The van der Waals surface area contributed by atoms with Crippen LogP contribution in [0.25, 0.3) is 5.70 Å². The van der Waals surface area contributed by atoms with Crippen LogP contribution in [0.2, 0.25) is 0 Å². The molecule has 11 heteroatoms. The summed E-state index contributed by atoms with van der Waals surface area (Å²) in [6, 6.07) is 8.77. The highest BCUT2D eigenvalue weighted by Gasteiger charge is 2.37. The molecule has 5 aliphatic rings. The summed E-state index contributed by atoms with van der Waals surface area (Å²) in [4.78, 5) is 36.9. The van der Waals surface area contributed by atoms with E-state index in [-0.39, 0.29) is 23.2 Å². The Morgan fingerprint density at radius 2 is 1.59 bits per heavy atom. The lowest BCUT2D eigenvalue weighted by Crippen LogP contribution is -2.55. The summed E-state index contributed by atoms with van der Waals surface area (Å²) in [6.45, 7) is 13.1. The minimum atomic E-state index is 0.0787. The lowest BCUT2D eigenvalue weighted by molar-refractivity contribution is -0.139. The number of hydrazone groups is 1. The molecule has 222 valence electrons. The highest BCUT2D eigenvalue weighted by molar-refractivity contribution is 8.14. The summed E-state index contributed by atoms with van der Waals surface area (Å²) < 4.78 is 0. The number of piperazine rings is 2. The Morgan fingerprint density at radius 1 is 0.927 bits per heavy atom. The minimum Gasteiger partial charge on any atom is -0.353 e. The fraction of sp³-hybridized carbons (Fsp3) is 0.633. The summed E-state index contributed by atoms with van der Waals surface area (Å²) >= 11 is 1.75.